The predicted octanol–water partition coefficient (Wildman–Crippen LogP) is 0.821. The molecule has 0 aromatic heterocycles. The summed E-state index contributed by atoms with van der Waals surface area (Å²) in [4.78, 5) is 2.34. The highest BCUT2D eigenvalue weighted by molar-refractivity contribution is 8.00. The molecule has 2 atom stereocenters. The summed E-state index contributed by atoms with van der Waals surface area (Å²) in [6.45, 7) is 5.64. The maximum Gasteiger partial charge on any atom is 0.0900 e. The third-order valence-corrected chi connectivity index (χ3v) is 3.88. The fourth-order valence-electron chi connectivity index (χ4n) is 1.74. The largest absolute Gasteiger partial charge is 0.389 e. The normalized spacial score (nSPS) is 26.4. The number of rotatable bonds is 5. The number of ether oxygens (including phenoxy) is 1. The second-order valence-electron chi connectivity index (χ2n) is 3.77. The molecule has 0 aromatic carbocycles. The van der Waals surface area contributed by atoms with Crippen molar-refractivity contribution in [1.82, 2.24) is 4.90 Å². The minimum absolute atomic E-state index is 0.333. The lowest BCUT2D eigenvalue weighted by Gasteiger charge is -2.32. The standard InChI is InChI=1S/C10H21NO2S/c1-3-10-7-11(4-5-14-10)6-9(12)8-13-2/h9-10,12H,3-8H2,1-2H3. The van der Waals surface area contributed by atoms with Crippen molar-refractivity contribution in [2.45, 2.75) is 24.7 Å². The molecule has 0 amide bonds. The lowest BCUT2D eigenvalue weighted by Crippen LogP contribution is -2.42. The van der Waals surface area contributed by atoms with Crippen molar-refractivity contribution in [1.29, 1.82) is 0 Å². The SMILES string of the molecule is CCC1CN(CC(O)COC)CCS1. The van der Waals surface area contributed by atoms with Gasteiger partial charge in [-0.25, -0.2) is 0 Å². The first-order valence-electron chi connectivity index (χ1n) is 5.27. The lowest BCUT2D eigenvalue weighted by molar-refractivity contribution is 0.0384. The van der Waals surface area contributed by atoms with Crippen LogP contribution in [0.25, 0.3) is 0 Å². The quantitative estimate of drug-likeness (QED) is 0.742. The van der Waals surface area contributed by atoms with Crippen LogP contribution in [0.4, 0.5) is 0 Å². The lowest BCUT2D eigenvalue weighted by atomic mass is 10.2. The molecule has 0 radical (unpaired) electrons. The van der Waals surface area contributed by atoms with Crippen molar-refractivity contribution in [3.63, 3.8) is 0 Å². The van der Waals surface area contributed by atoms with Gasteiger partial charge in [0.15, 0.2) is 0 Å². The fraction of sp³-hybridized carbons (Fsp3) is 1.00. The molecule has 0 bridgehead atoms. The Labute approximate surface area is 90.8 Å². The first-order chi connectivity index (χ1) is 6.76. The minimum atomic E-state index is -0.333. The number of aliphatic hydroxyl groups excluding tert-OH is 1. The first kappa shape index (κ1) is 12.3. The zero-order valence-corrected chi connectivity index (χ0v) is 9.92. The van der Waals surface area contributed by atoms with Gasteiger partial charge in [-0.3, -0.25) is 4.90 Å². The van der Waals surface area contributed by atoms with Crippen LogP contribution in [0.5, 0.6) is 0 Å². The number of methoxy groups -OCH3 is 1. The van der Waals surface area contributed by atoms with E-state index in [0.717, 1.165) is 24.9 Å². The van der Waals surface area contributed by atoms with Gasteiger partial charge in [0.05, 0.1) is 12.7 Å². The summed E-state index contributed by atoms with van der Waals surface area (Å²) in [7, 11) is 1.63. The highest BCUT2D eigenvalue weighted by atomic mass is 32.2. The molecule has 1 aliphatic rings. The molecule has 0 spiro atoms. The second kappa shape index (κ2) is 6.67. The van der Waals surface area contributed by atoms with Crippen molar-refractivity contribution in [3.8, 4) is 0 Å². The van der Waals surface area contributed by atoms with E-state index < -0.39 is 0 Å². The van der Waals surface area contributed by atoms with E-state index in [2.05, 4.69) is 23.6 Å². The van der Waals surface area contributed by atoms with Gasteiger partial charge in [0.2, 0.25) is 0 Å². The van der Waals surface area contributed by atoms with Gasteiger partial charge in [-0.15, -0.1) is 0 Å². The smallest absolute Gasteiger partial charge is 0.0900 e. The van der Waals surface area contributed by atoms with E-state index in [-0.39, 0.29) is 6.10 Å². The zero-order valence-electron chi connectivity index (χ0n) is 9.11. The van der Waals surface area contributed by atoms with Crippen LogP contribution < -0.4 is 0 Å². The summed E-state index contributed by atoms with van der Waals surface area (Å²) in [6.07, 6.45) is 0.891. The van der Waals surface area contributed by atoms with E-state index in [4.69, 9.17) is 4.74 Å². The van der Waals surface area contributed by atoms with Gasteiger partial charge >= 0.3 is 0 Å². The Morgan fingerprint density at radius 1 is 1.64 bits per heavy atom. The molecule has 1 saturated heterocycles. The Kier molecular flexibility index (Phi) is 5.86. The van der Waals surface area contributed by atoms with Crippen LogP contribution in [-0.2, 0) is 4.74 Å². The van der Waals surface area contributed by atoms with Crippen LogP contribution >= 0.6 is 11.8 Å². The summed E-state index contributed by atoms with van der Waals surface area (Å²) < 4.78 is 4.92. The highest BCUT2D eigenvalue weighted by Crippen LogP contribution is 2.20. The van der Waals surface area contributed by atoms with Crippen LogP contribution in [-0.4, -0.2) is 60.5 Å². The minimum Gasteiger partial charge on any atom is -0.389 e. The average molecular weight is 219 g/mol. The fourth-order valence-corrected chi connectivity index (χ4v) is 2.99. The summed E-state index contributed by atoms with van der Waals surface area (Å²) >= 11 is 2.05. The first-order valence-corrected chi connectivity index (χ1v) is 6.32. The van der Waals surface area contributed by atoms with Gasteiger partial charge in [-0.05, 0) is 6.42 Å². The van der Waals surface area contributed by atoms with E-state index in [1.807, 2.05) is 0 Å². The molecule has 4 heteroatoms. The van der Waals surface area contributed by atoms with Crippen molar-refractivity contribution >= 4 is 11.8 Å². The summed E-state index contributed by atoms with van der Waals surface area (Å²) in [6, 6.07) is 0. The van der Waals surface area contributed by atoms with Crippen molar-refractivity contribution in [2.75, 3.05) is 39.1 Å². The number of hydrogen-bond donors (Lipinski definition) is 1. The Morgan fingerprint density at radius 3 is 3.07 bits per heavy atom. The van der Waals surface area contributed by atoms with Crippen LogP contribution in [0.15, 0.2) is 0 Å². The Balaban J connectivity index is 2.22. The van der Waals surface area contributed by atoms with Gasteiger partial charge < -0.3 is 9.84 Å². The zero-order chi connectivity index (χ0) is 10.4. The van der Waals surface area contributed by atoms with E-state index in [0.29, 0.717) is 6.61 Å². The molecule has 0 aliphatic carbocycles. The van der Waals surface area contributed by atoms with Gasteiger partial charge in [-0.2, -0.15) is 11.8 Å². The summed E-state index contributed by atoms with van der Waals surface area (Å²) in [5, 5.41) is 10.3. The van der Waals surface area contributed by atoms with Crippen LogP contribution in [0.1, 0.15) is 13.3 Å². The van der Waals surface area contributed by atoms with Crippen LogP contribution in [0.2, 0.25) is 0 Å². The van der Waals surface area contributed by atoms with E-state index in [9.17, 15) is 5.11 Å². The number of thioether (sulfide) groups is 1. The van der Waals surface area contributed by atoms with Gasteiger partial charge in [0, 0.05) is 37.7 Å². The highest BCUT2D eigenvalue weighted by Gasteiger charge is 2.20. The topological polar surface area (TPSA) is 32.7 Å². The van der Waals surface area contributed by atoms with Gasteiger partial charge in [0.25, 0.3) is 0 Å². The molecule has 1 fully saturated rings. The molecule has 0 saturated carbocycles. The molecule has 0 aromatic rings. The van der Waals surface area contributed by atoms with E-state index >= 15 is 0 Å². The summed E-state index contributed by atoms with van der Waals surface area (Å²) in [5.74, 6) is 1.19. The van der Waals surface area contributed by atoms with Gasteiger partial charge in [-0.1, -0.05) is 6.92 Å². The molecule has 1 N–H and O–H groups in total. The number of β-amino-alcohol motifs (C(OH)–C–C–N with tert-alkyl or cyclic N) is 1. The Bertz CT molecular complexity index is 157. The predicted molar refractivity (Wildman–Crippen MR) is 60.9 cm³/mol. The number of aliphatic hydroxyl groups is 1. The summed E-state index contributed by atoms with van der Waals surface area (Å²) in [5.41, 5.74) is 0. The van der Waals surface area contributed by atoms with Crippen molar-refractivity contribution in [2.24, 2.45) is 0 Å². The van der Waals surface area contributed by atoms with E-state index in [1.54, 1.807) is 7.11 Å². The third kappa shape index (κ3) is 4.17. The van der Waals surface area contributed by atoms with Crippen LogP contribution in [0.3, 0.4) is 0 Å². The molecule has 2 unspecified atom stereocenters. The average Bonchev–Trinajstić information content (AvgIpc) is 2.18. The Hall–Kier alpha value is 0.230. The third-order valence-electron chi connectivity index (χ3n) is 2.51. The Morgan fingerprint density at radius 2 is 2.43 bits per heavy atom. The van der Waals surface area contributed by atoms with Gasteiger partial charge in [0.1, 0.15) is 0 Å². The molecule has 14 heavy (non-hydrogen) atoms. The maximum atomic E-state index is 9.59. The number of hydrogen-bond acceptors (Lipinski definition) is 4. The maximum absolute atomic E-state index is 9.59. The van der Waals surface area contributed by atoms with Crippen LogP contribution in [0, 0.1) is 0 Å². The number of nitrogens with zero attached hydrogens (tertiary/aromatic N) is 1. The monoisotopic (exact) mass is 219 g/mol. The van der Waals surface area contributed by atoms with Crippen molar-refractivity contribution < 1.29 is 9.84 Å². The van der Waals surface area contributed by atoms with Crippen molar-refractivity contribution in [3.05, 3.63) is 0 Å². The second-order valence-corrected chi connectivity index (χ2v) is 5.18. The van der Waals surface area contributed by atoms with E-state index in [1.165, 1.54) is 12.2 Å². The molecular formula is C10H21NO2S. The molecule has 1 aliphatic heterocycles. The molecule has 1 rings (SSSR count). The molecule has 1 heterocycles. The molecular weight excluding hydrogens is 198 g/mol. The molecule has 3 nitrogen and oxygen atoms in total. The molecule has 84 valence electrons.